The van der Waals surface area contributed by atoms with Gasteiger partial charge in [0.25, 0.3) is 0 Å². The average Bonchev–Trinajstić information content (AvgIpc) is 1.84. The molecule has 0 amide bonds. The van der Waals surface area contributed by atoms with Crippen molar-refractivity contribution in [2.75, 3.05) is 12.9 Å². The van der Waals surface area contributed by atoms with Crippen molar-refractivity contribution < 1.29 is 54.0 Å². The van der Waals surface area contributed by atoms with Crippen LogP contribution in [0.3, 0.4) is 0 Å². The first-order valence-corrected chi connectivity index (χ1v) is 5.10. The van der Waals surface area contributed by atoms with Crippen LogP contribution in [-0.4, -0.2) is 32.4 Å². The Morgan fingerprint density at radius 3 is 2.38 bits per heavy atom. The molecule has 0 unspecified atom stereocenters. The first kappa shape index (κ1) is 15.4. The smallest absolute Gasteiger partial charge is 1.00 e. The topological polar surface area (TPSA) is 80.7 Å². The molecule has 0 saturated carbocycles. The normalized spacial score (nSPS) is 11.7. The van der Waals surface area contributed by atoms with Crippen LogP contribution in [0.25, 0.3) is 0 Å². The summed E-state index contributed by atoms with van der Waals surface area (Å²) in [6, 6.07) is 0. The van der Waals surface area contributed by atoms with E-state index in [0.717, 1.165) is 6.26 Å². The molecular formula is C6H11NaO5S. The summed E-state index contributed by atoms with van der Waals surface area (Å²) in [5, 5.41) is 9.24. The van der Waals surface area contributed by atoms with Gasteiger partial charge in [-0.3, -0.25) is 0 Å². The third kappa shape index (κ3) is 8.29. The van der Waals surface area contributed by atoms with Crippen LogP contribution in [0.15, 0.2) is 11.2 Å². The summed E-state index contributed by atoms with van der Waals surface area (Å²) in [5.41, 5.74) is 0. The predicted molar refractivity (Wildman–Crippen MR) is 43.3 cm³/mol. The van der Waals surface area contributed by atoms with Crippen molar-refractivity contribution >= 4 is 15.8 Å². The summed E-state index contributed by atoms with van der Waals surface area (Å²) in [7, 11) is -3.50. The molecule has 13 heavy (non-hydrogen) atoms. The predicted octanol–water partition coefficient (Wildman–Crippen LogP) is -2.89. The van der Waals surface area contributed by atoms with Gasteiger partial charge < -0.3 is 11.3 Å². The fourth-order valence-electron chi connectivity index (χ4n) is 0.456. The van der Waals surface area contributed by atoms with Gasteiger partial charge in [0.2, 0.25) is 5.76 Å². The minimum absolute atomic E-state index is 0. The van der Waals surface area contributed by atoms with E-state index in [-0.39, 0.29) is 37.6 Å². The van der Waals surface area contributed by atoms with Crippen LogP contribution in [0.4, 0.5) is 0 Å². The second-order valence-corrected chi connectivity index (χ2v) is 3.95. The maximum absolute atomic E-state index is 10.6. The van der Waals surface area contributed by atoms with E-state index in [1.165, 1.54) is 0 Å². The van der Waals surface area contributed by atoms with E-state index in [0.29, 0.717) is 5.41 Å². The number of carbonyl (C=O) groups excluding carboxylic acids is 1. The number of carbonyl (C=O) groups is 1. The Morgan fingerprint density at radius 2 is 2.08 bits per heavy atom. The number of hydrogen-bond acceptors (Lipinski definition) is 5. The summed E-state index contributed by atoms with van der Waals surface area (Å²) in [6.07, 6.45) is 0.864. The molecule has 0 atom stereocenters. The minimum Gasteiger partial charge on any atom is -1.00 e. The molecule has 0 aliphatic carbocycles. The minimum atomic E-state index is -3.50. The largest absolute Gasteiger partial charge is 1.00 e. The van der Waals surface area contributed by atoms with Crippen molar-refractivity contribution in [3.63, 3.8) is 0 Å². The first-order valence-electron chi connectivity index (χ1n) is 3.14. The molecule has 7 heteroatoms. The van der Waals surface area contributed by atoms with Crippen LogP contribution in [-0.2, 0) is 19.4 Å². The number of ether oxygens (including phenoxy) is 1. The molecule has 5 nitrogen and oxygen atoms in total. The Bertz CT molecular complexity index is 297. The van der Waals surface area contributed by atoms with Gasteiger partial charge in [0.15, 0.2) is 9.84 Å². The Hall–Kier alpha value is -0.0400. The second-order valence-electron chi connectivity index (χ2n) is 2.05. The van der Waals surface area contributed by atoms with E-state index in [9.17, 15) is 13.2 Å². The molecule has 0 saturated heterocycles. The van der Waals surface area contributed by atoms with Gasteiger partial charge in [0.05, 0.1) is 12.0 Å². The van der Waals surface area contributed by atoms with Gasteiger partial charge in [-0.2, -0.15) is 0 Å². The molecule has 0 aromatic heterocycles. The van der Waals surface area contributed by atoms with E-state index < -0.39 is 21.6 Å². The molecule has 0 rings (SSSR count). The fourth-order valence-corrected chi connectivity index (χ4v) is 0.958. The van der Waals surface area contributed by atoms with Crippen LogP contribution in [0, 0.1) is 0 Å². The standard InChI is InChI=1S/C6H10O5S.Na.H/c1-3-11-6(8)5(7)4-12(2,9)10;;/h4,7H,3H2,1-2H3;;/q;+1;-1. The van der Waals surface area contributed by atoms with Gasteiger partial charge in [0, 0.05) is 6.26 Å². The Kier molecular flexibility index (Phi) is 7.62. The molecule has 0 heterocycles. The number of aliphatic hydroxyl groups excluding tert-OH is 1. The van der Waals surface area contributed by atoms with Gasteiger partial charge >= 0.3 is 35.5 Å². The summed E-state index contributed by atoms with van der Waals surface area (Å²) in [4.78, 5) is 10.6. The van der Waals surface area contributed by atoms with Crippen LogP contribution in [0.2, 0.25) is 0 Å². The Morgan fingerprint density at radius 1 is 1.62 bits per heavy atom. The van der Waals surface area contributed by atoms with Gasteiger partial charge in [-0.1, -0.05) is 0 Å². The van der Waals surface area contributed by atoms with Crippen LogP contribution >= 0.6 is 0 Å². The molecule has 0 bridgehead atoms. The maximum atomic E-state index is 10.6. The maximum Gasteiger partial charge on any atom is 1.00 e. The molecule has 0 aromatic carbocycles. The SMILES string of the molecule is CCOC(=O)C(O)=CS(C)(=O)=O.[H-].[Na+]. The zero-order valence-corrected chi connectivity index (χ0v) is 10.6. The van der Waals surface area contributed by atoms with Crippen molar-refractivity contribution in [1.82, 2.24) is 0 Å². The quantitative estimate of drug-likeness (QED) is 0.238. The van der Waals surface area contributed by atoms with Crippen molar-refractivity contribution in [3.8, 4) is 0 Å². The van der Waals surface area contributed by atoms with Crippen molar-refractivity contribution in [2.24, 2.45) is 0 Å². The van der Waals surface area contributed by atoms with E-state index in [1.807, 2.05) is 0 Å². The molecule has 0 aromatic rings. The molecule has 0 spiro atoms. The number of aliphatic hydroxyl groups is 1. The summed E-state index contributed by atoms with van der Waals surface area (Å²) < 4.78 is 25.3. The zero-order valence-electron chi connectivity index (χ0n) is 8.77. The molecule has 72 valence electrons. The first-order chi connectivity index (χ1) is 5.37. The van der Waals surface area contributed by atoms with Gasteiger partial charge in [0.1, 0.15) is 0 Å². The number of hydrogen-bond donors (Lipinski definition) is 1. The molecule has 0 aliphatic rings. The third-order valence-corrected chi connectivity index (χ3v) is 1.46. The summed E-state index contributed by atoms with van der Waals surface area (Å²) in [6.45, 7) is 1.63. The zero-order chi connectivity index (χ0) is 9.78. The van der Waals surface area contributed by atoms with Gasteiger partial charge in [-0.15, -0.1) is 0 Å². The summed E-state index contributed by atoms with van der Waals surface area (Å²) in [5.74, 6) is -1.94. The second kappa shape index (κ2) is 6.42. The monoisotopic (exact) mass is 218 g/mol. The van der Waals surface area contributed by atoms with E-state index in [4.69, 9.17) is 5.11 Å². The van der Waals surface area contributed by atoms with E-state index >= 15 is 0 Å². The van der Waals surface area contributed by atoms with Crippen LogP contribution < -0.4 is 29.6 Å². The average molecular weight is 218 g/mol. The van der Waals surface area contributed by atoms with Crippen molar-refractivity contribution in [1.29, 1.82) is 0 Å². The van der Waals surface area contributed by atoms with Crippen LogP contribution in [0.1, 0.15) is 8.35 Å². The van der Waals surface area contributed by atoms with E-state index in [1.54, 1.807) is 6.92 Å². The summed E-state index contributed by atoms with van der Waals surface area (Å²) >= 11 is 0. The van der Waals surface area contributed by atoms with Crippen molar-refractivity contribution in [3.05, 3.63) is 11.2 Å². The van der Waals surface area contributed by atoms with Gasteiger partial charge in [-0.25, -0.2) is 13.2 Å². The Labute approximate surface area is 100 Å². The molecule has 0 aliphatic heterocycles. The van der Waals surface area contributed by atoms with Crippen molar-refractivity contribution in [2.45, 2.75) is 6.92 Å². The number of esters is 1. The molecule has 0 radical (unpaired) electrons. The van der Waals surface area contributed by atoms with Crippen LogP contribution in [0.5, 0.6) is 0 Å². The molecular weight excluding hydrogens is 207 g/mol. The van der Waals surface area contributed by atoms with E-state index in [2.05, 4.69) is 4.74 Å². The fraction of sp³-hybridized carbons (Fsp3) is 0.500. The van der Waals surface area contributed by atoms with Gasteiger partial charge in [-0.05, 0) is 6.92 Å². The Balaban J connectivity index is -0.000000605. The number of sulfone groups is 1. The molecule has 0 fully saturated rings. The third-order valence-electron chi connectivity index (χ3n) is 0.810. The molecule has 1 N–H and O–H groups in total. The number of rotatable bonds is 3.